The maximum absolute atomic E-state index is 13.8. The van der Waals surface area contributed by atoms with E-state index in [0.717, 1.165) is 16.6 Å². The van der Waals surface area contributed by atoms with E-state index in [4.69, 9.17) is 0 Å². The Hall–Kier alpha value is -1.33. The van der Waals surface area contributed by atoms with Gasteiger partial charge in [0.15, 0.2) is 0 Å². The molecule has 1 atom stereocenters. The summed E-state index contributed by atoms with van der Waals surface area (Å²) in [7, 11) is 0. The van der Waals surface area contributed by atoms with E-state index in [9.17, 15) is 4.39 Å². The molecule has 0 saturated heterocycles. The normalized spacial score (nSPS) is 12.4. The molecule has 100 valence electrons. The summed E-state index contributed by atoms with van der Waals surface area (Å²) in [5.41, 5.74) is 1.69. The Bertz CT molecular complexity index is 548. The fourth-order valence-corrected chi connectivity index (χ4v) is 2.42. The van der Waals surface area contributed by atoms with Crippen LogP contribution < -0.4 is 5.32 Å². The minimum atomic E-state index is -0.281. The topological polar surface area (TPSA) is 37.8 Å². The maximum Gasteiger partial charge on any atom is 0.146 e. The van der Waals surface area contributed by atoms with E-state index in [1.807, 2.05) is 13.0 Å². The summed E-state index contributed by atoms with van der Waals surface area (Å²) in [5, 5.41) is 3.30. The van der Waals surface area contributed by atoms with Crippen molar-refractivity contribution in [2.24, 2.45) is 0 Å². The predicted molar refractivity (Wildman–Crippen MR) is 76.3 cm³/mol. The third kappa shape index (κ3) is 3.81. The van der Waals surface area contributed by atoms with Crippen LogP contribution in [0, 0.1) is 5.82 Å². The Kier molecular flexibility index (Phi) is 4.99. The molecule has 0 bridgehead atoms. The lowest BCUT2D eigenvalue weighted by molar-refractivity contribution is 0.507. The number of likely N-dealkylation sites (N-methyl/N-ethyl adjacent to an activating group) is 1. The highest BCUT2D eigenvalue weighted by molar-refractivity contribution is 9.10. The van der Waals surface area contributed by atoms with Crippen molar-refractivity contribution in [1.82, 2.24) is 15.3 Å². The van der Waals surface area contributed by atoms with Crippen molar-refractivity contribution < 1.29 is 4.39 Å². The Morgan fingerprint density at radius 3 is 2.84 bits per heavy atom. The first-order chi connectivity index (χ1) is 9.20. The van der Waals surface area contributed by atoms with Gasteiger partial charge in [-0.2, -0.15) is 0 Å². The number of hydrogen-bond donors (Lipinski definition) is 1. The van der Waals surface area contributed by atoms with Gasteiger partial charge in [-0.15, -0.1) is 0 Å². The fourth-order valence-electron chi connectivity index (χ4n) is 2.01. The zero-order chi connectivity index (χ0) is 13.7. The molecule has 2 aromatic rings. The number of nitrogens with one attached hydrogen (secondary N) is 1. The molecule has 0 aliphatic carbocycles. The van der Waals surface area contributed by atoms with Gasteiger partial charge in [0.25, 0.3) is 0 Å². The molecule has 0 amide bonds. The van der Waals surface area contributed by atoms with Crippen LogP contribution in [0.4, 0.5) is 4.39 Å². The first-order valence-corrected chi connectivity index (χ1v) is 6.92. The van der Waals surface area contributed by atoms with E-state index in [1.54, 1.807) is 24.7 Å². The molecule has 0 aliphatic heterocycles. The van der Waals surface area contributed by atoms with Gasteiger partial charge in [-0.1, -0.05) is 6.92 Å². The van der Waals surface area contributed by atoms with Gasteiger partial charge < -0.3 is 5.32 Å². The zero-order valence-electron chi connectivity index (χ0n) is 10.6. The minimum absolute atomic E-state index is 0.0795. The Morgan fingerprint density at radius 2 is 2.16 bits per heavy atom. The summed E-state index contributed by atoms with van der Waals surface area (Å²) < 4.78 is 14.7. The van der Waals surface area contributed by atoms with E-state index >= 15 is 0 Å². The molecule has 0 spiro atoms. The van der Waals surface area contributed by atoms with E-state index in [2.05, 4.69) is 31.2 Å². The number of pyridine rings is 2. The molecule has 2 aromatic heterocycles. The van der Waals surface area contributed by atoms with Crippen LogP contribution in [0.25, 0.3) is 0 Å². The molecule has 0 fully saturated rings. The molecule has 2 rings (SSSR count). The SMILES string of the molecule is CCNC(Cc1cncc(Br)c1)c1ccncc1F. The van der Waals surface area contributed by atoms with Gasteiger partial charge in [-0.3, -0.25) is 9.97 Å². The lowest BCUT2D eigenvalue weighted by Gasteiger charge is -2.18. The lowest BCUT2D eigenvalue weighted by atomic mass is 10.0. The molecule has 1 unspecified atom stereocenters. The van der Waals surface area contributed by atoms with Gasteiger partial charge in [-0.25, -0.2) is 4.39 Å². The summed E-state index contributed by atoms with van der Waals surface area (Å²) in [5.74, 6) is -0.281. The molecule has 5 heteroatoms. The smallest absolute Gasteiger partial charge is 0.146 e. The third-order valence-electron chi connectivity index (χ3n) is 2.83. The number of rotatable bonds is 5. The average Bonchev–Trinajstić information content (AvgIpc) is 2.39. The van der Waals surface area contributed by atoms with Crippen LogP contribution in [0.15, 0.2) is 41.4 Å². The van der Waals surface area contributed by atoms with Crippen molar-refractivity contribution in [3.8, 4) is 0 Å². The first kappa shape index (κ1) is 14.1. The zero-order valence-corrected chi connectivity index (χ0v) is 12.2. The number of nitrogens with zero attached hydrogens (tertiary/aromatic N) is 2. The second-order valence-corrected chi connectivity index (χ2v) is 5.14. The molecule has 2 heterocycles. The van der Waals surface area contributed by atoms with Crippen molar-refractivity contribution in [2.45, 2.75) is 19.4 Å². The summed E-state index contributed by atoms with van der Waals surface area (Å²) in [6, 6.07) is 3.63. The largest absolute Gasteiger partial charge is 0.310 e. The van der Waals surface area contributed by atoms with E-state index in [1.165, 1.54) is 6.20 Å². The molecule has 3 nitrogen and oxygen atoms in total. The summed E-state index contributed by atoms with van der Waals surface area (Å²) in [4.78, 5) is 7.92. The molecule has 19 heavy (non-hydrogen) atoms. The molecule has 0 saturated carbocycles. The van der Waals surface area contributed by atoms with Crippen LogP contribution in [0.3, 0.4) is 0 Å². The highest BCUT2D eigenvalue weighted by Crippen LogP contribution is 2.21. The Labute approximate surface area is 120 Å². The predicted octanol–water partition coefficient (Wildman–Crippen LogP) is 3.27. The third-order valence-corrected chi connectivity index (χ3v) is 3.26. The highest BCUT2D eigenvalue weighted by atomic mass is 79.9. The molecule has 0 radical (unpaired) electrons. The first-order valence-electron chi connectivity index (χ1n) is 6.13. The summed E-state index contributed by atoms with van der Waals surface area (Å²) >= 11 is 3.39. The van der Waals surface area contributed by atoms with Crippen molar-refractivity contribution >= 4 is 15.9 Å². The summed E-state index contributed by atoms with van der Waals surface area (Å²) in [6.07, 6.45) is 7.08. The number of hydrogen-bond acceptors (Lipinski definition) is 3. The second kappa shape index (κ2) is 6.73. The van der Waals surface area contributed by atoms with E-state index in [0.29, 0.717) is 12.0 Å². The van der Waals surface area contributed by atoms with Crippen LogP contribution in [-0.2, 0) is 6.42 Å². The minimum Gasteiger partial charge on any atom is -0.310 e. The van der Waals surface area contributed by atoms with Crippen LogP contribution in [0.1, 0.15) is 24.1 Å². The van der Waals surface area contributed by atoms with Crippen molar-refractivity contribution in [3.63, 3.8) is 0 Å². The van der Waals surface area contributed by atoms with Gasteiger partial charge in [0.2, 0.25) is 0 Å². The number of aromatic nitrogens is 2. The van der Waals surface area contributed by atoms with Gasteiger partial charge >= 0.3 is 0 Å². The van der Waals surface area contributed by atoms with E-state index in [-0.39, 0.29) is 11.9 Å². The standard InChI is InChI=1S/C14H15BrFN3/c1-2-19-14(12-3-4-17-9-13(12)16)6-10-5-11(15)8-18-7-10/h3-5,7-9,14,19H,2,6H2,1H3. The molecular formula is C14H15BrFN3. The van der Waals surface area contributed by atoms with Crippen LogP contribution in [0.2, 0.25) is 0 Å². The average molecular weight is 324 g/mol. The van der Waals surface area contributed by atoms with Crippen molar-refractivity contribution in [2.75, 3.05) is 6.54 Å². The Balaban J connectivity index is 2.24. The highest BCUT2D eigenvalue weighted by Gasteiger charge is 2.15. The van der Waals surface area contributed by atoms with Crippen LogP contribution >= 0.6 is 15.9 Å². The second-order valence-electron chi connectivity index (χ2n) is 4.22. The van der Waals surface area contributed by atoms with Crippen molar-refractivity contribution in [3.05, 3.63) is 58.3 Å². The molecule has 0 aliphatic rings. The lowest BCUT2D eigenvalue weighted by Crippen LogP contribution is -2.24. The Morgan fingerprint density at radius 1 is 1.32 bits per heavy atom. The van der Waals surface area contributed by atoms with Crippen LogP contribution in [-0.4, -0.2) is 16.5 Å². The fraction of sp³-hybridized carbons (Fsp3) is 0.286. The molecular weight excluding hydrogens is 309 g/mol. The van der Waals surface area contributed by atoms with Gasteiger partial charge in [-0.05, 0) is 46.6 Å². The van der Waals surface area contributed by atoms with Gasteiger partial charge in [0.05, 0.1) is 6.20 Å². The van der Waals surface area contributed by atoms with Crippen molar-refractivity contribution in [1.29, 1.82) is 0 Å². The monoisotopic (exact) mass is 323 g/mol. The van der Waals surface area contributed by atoms with E-state index < -0.39 is 0 Å². The maximum atomic E-state index is 13.8. The quantitative estimate of drug-likeness (QED) is 0.917. The molecule has 0 aromatic carbocycles. The number of halogens is 2. The summed E-state index contributed by atoms with van der Waals surface area (Å²) in [6.45, 7) is 2.78. The van der Waals surface area contributed by atoms with Gasteiger partial charge in [0, 0.05) is 34.7 Å². The molecule has 1 N–H and O–H groups in total. The van der Waals surface area contributed by atoms with Crippen LogP contribution in [0.5, 0.6) is 0 Å². The van der Waals surface area contributed by atoms with Gasteiger partial charge in [0.1, 0.15) is 5.82 Å².